The number of hydrogen-bond donors (Lipinski definition) is 1. The van der Waals surface area contributed by atoms with E-state index in [-0.39, 0.29) is 10.8 Å². The minimum Gasteiger partial charge on any atom is -0.378 e. The molecule has 0 aliphatic rings. The minimum atomic E-state index is -3.59. The van der Waals surface area contributed by atoms with Crippen LogP contribution in [-0.4, -0.2) is 46.8 Å². The van der Waals surface area contributed by atoms with Gasteiger partial charge in [-0.1, -0.05) is 6.07 Å². The van der Waals surface area contributed by atoms with Crippen molar-refractivity contribution in [3.8, 4) is 0 Å². The van der Waals surface area contributed by atoms with Crippen molar-refractivity contribution in [3.05, 3.63) is 53.6 Å². The van der Waals surface area contributed by atoms with Crippen molar-refractivity contribution < 1.29 is 13.2 Å². The summed E-state index contributed by atoms with van der Waals surface area (Å²) in [5.41, 5.74) is 2.71. The largest absolute Gasteiger partial charge is 0.378 e. The van der Waals surface area contributed by atoms with Crippen molar-refractivity contribution in [3.63, 3.8) is 0 Å². The summed E-state index contributed by atoms with van der Waals surface area (Å²) in [5, 5.41) is 2.81. The molecule has 1 N–H and O–H groups in total. The van der Waals surface area contributed by atoms with Crippen LogP contribution in [0.1, 0.15) is 15.9 Å². The number of benzene rings is 2. The van der Waals surface area contributed by atoms with Gasteiger partial charge < -0.3 is 10.2 Å². The second-order valence-corrected chi connectivity index (χ2v) is 8.31. The molecule has 0 aliphatic heterocycles. The van der Waals surface area contributed by atoms with Crippen LogP contribution in [0.2, 0.25) is 0 Å². The van der Waals surface area contributed by atoms with Crippen LogP contribution in [-0.2, 0) is 10.0 Å². The zero-order valence-electron chi connectivity index (χ0n) is 15.1. The van der Waals surface area contributed by atoms with Crippen LogP contribution in [0.15, 0.2) is 47.4 Å². The number of carbonyl (C=O) groups is 1. The molecule has 0 atom stereocenters. The molecule has 6 nitrogen and oxygen atoms in total. The summed E-state index contributed by atoms with van der Waals surface area (Å²) in [7, 11) is 3.21. The summed E-state index contributed by atoms with van der Waals surface area (Å²) in [6.45, 7) is 1.77. The topological polar surface area (TPSA) is 69.7 Å². The van der Waals surface area contributed by atoms with E-state index in [1.165, 1.54) is 26.2 Å². The molecule has 0 saturated carbocycles. The van der Waals surface area contributed by atoms with E-state index >= 15 is 0 Å². The van der Waals surface area contributed by atoms with Crippen molar-refractivity contribution in [1.82, 2.24) is 4.31 Å². The number of amides is 1. The van der Waals surface area contributed by atoms with Gasteiger partial charge in [0.05, 0.1) is 4.90 Å². The lowest BCUT2D eigenvalue weighted by molar-refractivity contribution is 0.102. The Kier molecular flexibility index (Phi) is 5.49. The van der Waals surface area contributed by atoms with Crippen LogP contribution in [0.25, 0.3) is 0 Å². The number of hydrogen-bond acceptors (Lipinski definition) is 4. The first-order chi connectivity index (χ1) is 11.6. The molecule has 0 spiro atoms. The molecule has 0 bridgehead atoms. The van der Waals surface area contributed by atoms with Gasteiger partial charge in [0.2, 0.25) is 10.0 Å². The Morgan fingerprint density at radius 3 is 2.08 bits per heavy atom. The SMILES string of the molecule is Cc1ccc(S(=O)(=O)N(C)C)cc1C(=O)Nc1ccc(N(C)C)cc1. The Morgan fingerprint density at radius 2 is 1.56 bits per heavy atom. The maximum atomic E-state index is 12.6. The van der Waals surface area contributed by atoms with Gasteiger partial charge in [0, 0.05) is 45.1 Å². The highest BCUT2D eigenvalue weighted by Crippen LogP contribution is 2.20. The Labute approximate surface area is 149 Å². The summed E-state index contributed by atoms with van der Waals surface area (Å²) in [6.07, 6.45) is 0. The fourth-order valence-electron chi connectivity index (χ4n) is 2.26. The van der Waals surface area contributed by atoms with Crippen molar-refractivity contribution in [2.24, 2.45) is 0 Å². The number of nitrogens with one attached hydrogen (secondary N) is 1. The lowest BCUT2D eigenvalue weighted by Crippen LogP contribution is -2.23. The molecule has 0 aromatic heterocycles. The van der Waals surface area contributed by atoms with Gasteiger partial charge in [-0.25, -0.2) is 12.7 Å². The highest BCUT2D eigenvalue weighted by molar-refractivity contribution is 7.89. The van der Waals surface area contributed by atoms with Crippen molar-refractivity contribution in [2.75, 3.05) is 38.4 Å². The molecule has 2 rings (SSSR count). The third kappa shape index (κ3) is 4.18. The molecule has 0 unspecified atom stereocenters. The number of sulfonamides is 1. The number of rotatable bonds is 5. The standard InChI is InChI=1S/C18H23N3O3S/c1-13-6-11-16(25(23,24)21(4)5)12-17(13)18(22)19-14-7-9-15(10-8-14)20(2)3/h6-12H,1-5H3,(H,19,22). The van der Waals surface area contributed by atoms with Crippen LogP contribution < -0.4 is 10.2 Å². The molecular weight excluding hydrogens is 338 g/mol. The molecule has 25 heavy (non-hydrogen) atoms. The van der Waals surface area contributed by atoms with Gasteiger partial charge in [0.15, 0.2) is 0 Å². The van der Waals surface area contributed by atoms with Crippen molar-refractivity contribution in [1.29, 1.82) is 0 Å². The maximum Gasteiger partial charge on any atom is 0.255 e. The fraction of sp³-hybridized carbons (Fsp3) is 0.278. The van der Waals surface area contributed by atoms with E-state index in [4.69, 9.17) is 0 Å². The second kappa shape index (κ2) is 7.25. The van der Waals surface area contributed by atoms with Gasteiger partial charge in [-0.05, 0) is 48.9 Å². The van der Waals surface area contributed by atoms with Crippen molar-refractivity contribution in [2.45, 2.75) is 11.8 Å². The Bertz CT molecular complexity index is 873. The molecule has 0 heterocycles. The van der Waals surface area contributed by atoms with Crippen molar-refractivity contribution >= 4 is 27.3 Å². The number of carbonyl (C=O) groups excluding carboxylic acids is 1. The Morgan fingerprint density at radius 1 is 0.960 bits per heavy atom. The van der Waals surface area contributed by atoms with E-state index in [1.807, 2.05) is 43.3 Å². The molecule has 1 amide bonds. The van der Waals surface area contributed by atoms with E-state index in [9.17, 15) is 13.2 Å². The zero-order chi connectivity index (χ0) is 18.8. The minimum absolute atomic E-state index is 0.0937. The van der Waals surface area contributed by atoms with Gasteiger partial charge in [-0.15, -0.1) is 0 Å². The smallest absolute Gasteiger partial charge is 0.255 e. The first-order valence-electron chi connectivity index (χ1n) is 7.75. The lowest BCUT2D eigenvalue weighted by atomic mass is 10.1. The Hall–Kier alpha value is -2.38. The van der Waals surface area contributed by atoms with E-state index in [0.717, 1.165) is 9.99 Å². The van der Waals surface area contributed by atoms with Crippen LogP contribution in [0.4, 0.5) is 11.4 Å². The molecule has 0 fully saturated rings. The number of aryl methyl sites for hydroxylation is 1. The predicted molar refractivity (Wildman–Crippen MR) is 101 cm³/mol. The first-order valence-corrected chi connectivity index (χ1v) is 9.19. The fourth-order valence-corrected chi connectivity index (χ4v) is 3.19. The average Bonchev–Trinajstić information content (AvgIpc) is 2.55. The Balaban J connectivity index is 2.30. The highest BCUT2D eigenvalue weighted by atomic mass is 32.2. The van der Waals surface area contributed by atoms with E-state index < -0.39 is 10.0 Å². The average molecular weight is 361 g/mol. The zero-order valence-corrected chi connectivity index (χ0v) is 15.9. The van der Waals surface area contributed by atoms with Gasteiger partial charge in [-0.2, -0.15) is 0 Å². The monoisotopic (exact) mass is 361 g/mol. The number of anilines is 2. The maximum absolute atomic E-state index is 12.6. The summed E-state index contributed by atoms with van der Waals surface area (Å²) >= 11 is 0. The summed E-state index contributed by atoms with van der Waals surface area (Å²) < 4.78 is 25.7. The normalized spacial score (nSPS) is 11.4. The predicted octanol–water partition coefficient (Wildman–Crippen LogP) is 2.56. The summed E-state index contributed by atoms with van der Waals surface area (Å²) in [5.74, 6) is -0.342. The molecule has 2 aromatic rings. The molecule has 2 aromatic carbocycles. The van der Waals surface area contributed by atoms with Crippen LogP contribution in [0, 0.1) is 6.92 Å². The van der Waals surface area contributed by atoms with E-state index in [2.05, 4.69) is 5.32 Å². The summed E-state index contributed by atoms with van der Waals surface area (Å²) in [4.78, 5) is 14.6. The van der Waals surface area contributed by atoms with Gasteiger partial charge in [-0.3, -0.25) is 4.79 Å². The lowest BCUT2D eigenvalue weighted by Gasteiger charge is -2.15. The third-order valence-electron chi connectivity index (χ3n) is 3.87. The molecular formula is C18H23N3O3S. The quantitative estimate of drug-likeness (QED) is 0.889. The van der Waals surface area contributed by atoms with Gasteiger partial charge in [0.1, 0.15) is 0 Å². The first kappa shape index (κ1) is 19.0. The summed E-state index contributed by atoms with van der Waals surface area (Å²) in [6, 6.07) is 12.0. The van der Waals surface area contributed by atoms with E-state index in [1.54, 1.807) is 13.0 Å². The molecule has 0 saturated heterocycles. The van der Waals surface area contributed by atoms with Gasteiger partial charge >= 0.3 is 0 Å². The van der Waals surface area contributed by atoms with Crippen LogP contribution in [0.5, 0.6) is 0 Å². The molecule has 134 valence electrons. The second-order valence-electron chi connectivity index (χ2n) is 6.16. The molecule has 0 radical (unpaired) electrons. The van der Waals surface area contributed by atoms with Crippen LogP contribution in [0.3, 0.4) is 0 Å². The van der Waals surface area contributed by atoms with Gasteiger partial charge in [0.25, 0.3) is 5.91 Å². The third-order valence-corrected chi connectivity index (χ3v) is 5.68. The molecule has 7 heteroatoms. The number of nitrogens with zero attached hydrogens (tertiary/aromatic N) is 2. The molecule has 0 aliphatic carbocycles. The van der Waals surface area contributed by atoms with Crippen LogP contribution >= 0.6 is 0 Å². The highest BCUT2D eigenvalue weighted by Gasteiger charge is 2.20. The van der Waals surface area contributed by atoms with E-state index in [0.29, 0.717) is 16.8 Å².